The minimum Gasteiger partial charge on any atom is -0.493 e. The van der Waals surface area contributed by atoms with Crippen LogP contribution in [0.3, 0.4) is 0 Å². The average molecular weight is 413 g/mol. The number of methoxy groups -OCH3 is 2. The molecule has 152 valence electrons. The second-order valence-electron chi connectivity index (χ2n) is 6.65. The minimum atomic E-state index is -0.253. The van der Waals surface area contributed by atoms with E-state index in [0.29, 0.717) is 16.6 Å². The van der Waals surface area contributed by atoms with E-state index in [-0.39, 0.29) is 12.5 Å². The molecule has 2 aromatic carbocycles. The fourth-order valence-electron chi connectivity index (χ4n) is 2.91. The average Bonchev–Trinajstić information content (AvgIpc) is 3.17. The monoisotopic (exact) mass is 412 g/mol. The Bertz CT molecular complexity index is 1030. The zero-order valence-corrected chi connectivity index (χ0v) is 18.0. The van der Waals surface area contributed by atoms with Gasteiger partial charge in [-0.3, -0.25) is 10.1 Å². The van der Waals surface area contributed by atoms with Gasteiger partial charge in [0.25, 0.3) is 5.91 Å². The van der Waals surface area contributed by atoms with Gasteiger partial charge in [0.15, 0.2) is 23.2 Å². The summed E-state index contributed by atoms with van der Waals surface area (Å²) < 4.78 is 16.3. The molecule has 0 saturated heterocycles. The van der Waals surface area contributed by atoms with Gasteiger partial charge >= 0.3 is 0 Å². The summed E-state index contributed by atoms with van der Waals surface area (Å²) in [7, 11) is 3.18. The van der Waals surface area contributed by atoms with Gasteiger partial charge in [-0.25, -0.2) is 4.98 Å². The Morgan fingerprint density at radius 2 is 1.79 bits per heavy atom. The van der Waals surface area contributed by atoms with Crippen LogP contribution in [0.25, 0.3) is 11.3 Å². The Morgan fingerprint density at radius 3 is 2.52 bits per heavy atom. The number of benzene rings is 2. The molecule has 1 heterocycles. The van der Waals surface area contributed by atoms with Crippen LogP contribution in [0.4, 0.5) is 5.13 Å². The molecule has 0 saturated carbocycles. The summed E-state index contributed by atoms with van der Waals surface area (Å²) in [6.45, 7) is 5.94. The predicted molar refractivity (Wildman–Crippen MR) is 115 cm³/mol. The van der Waals surface area contributed by atoms with E-state index in [2.05, 4.69) is 16.4 Å². The molecule has 0 bridgehead atoms. The molecule has 0 spiro atoms. The largest absolute Gasteiger partial charge is 0.493 e. The van der Waals surface area contributed by atoms with Gasteiger partial charge in [0, 0.05) is 10.9 Å². The number of anilines is 1. The second-order valence-corrected chi connectivity index (χ2v) is 7.51. The van der Waals surface area contributed by atoms with Gasteiger partial charge in [-0.15, -0.1) is 11.3 Å². The summed E-state index contributed by atoms with van der Waals surface area (Å²) in [6, 6.07) is 9.60. The Balaban J connectivity index is 1.65. The van der Waals surface area contributed by atoms with Crippen LogP contribution < -0.4 is 19.5 Å². The van der Waals surface area contributed by atoms with Crippen molar-refractivity contribution in [1.29, 1.82) is 0 Å². The molecule has 29 heavy (non-hydrogen) atoms. The lowest BCUT2D eigenvalue weighted by atomic mass is 10.1. The summed E-state index contributed by atoms with van der Waals surface area (Å²) in [6.07, 6.45) is 0. The molecule has 0 radical (unpaired) electrons. The van der Waals surface area contributed by atoms with Crippen molar-refractivity contribution in [3.63, 3.8) is 0 Å². The minimum absolute atomic E-state index is 0.0744. The van der Waals surface area contributed by atoms with Gasteiger partial charge in [-0.1, -0.05) is 6.07 Å². The van der Waals surface area contributed by atoms with Crippen molar-refractivity contribution in [2.24, 2.45) is 0 Å². The molecule has 1 aromatic heterocycles. The van der Waals surface area contributed by atoms with Gasteiger partial charge < -0.3 is 14.2 Å². The first kappa shape index (κ1) is 20.7. The summed E-state index contributed by atoms with van der Waals surface area (Å²) >= 11 is 1.36. The third kappa shape index (κ3) is 4.86. The summed E-state index contributed by atoms with van der Waals surface area (Å²) in [5, 5.41) is 5.18. The summed E-state index contributed by atoms with van der Waals surface area (Å²) in [5.74, 6) is 1.75. The molecule has 1 N–H and O–H groups in total. The number of nitrogens with zero attached hydrogens (tertiary/aromatic N) is 1. The van der Waals surface area contributed by atoms with Crippen LogP contribution in [0.15, 0.2) is 35.7 Å². The lowest BCUT2D eigenvalue weighted by molar-refractivity contribution is -0.118. The molecule has 0 unspecified atom stereocenters. The van der Waals surface area contributed by atoms with E-state index in [0.717, 1.165) is 33.7 Å². The second kappa shape index (κ2) is 8.96. The lowest BCUT2D eigenvalue weighted by Crippen LogP contribution is -2.20. The maximum absolute atomic E-state index is 12.3. The third-order valence-electron chi connectivity index (χ3n) is 4.55. The van der Waals surface area contributed by atoms with Crippen molar-refractivity contribution < 1.29 is 19.0 Å². The van der Waals surface area contributed by atoms with Gasteiger partial charge in [0.1, 0.15) is 5.75 Å². The molecule has 7 heteroatoms. The third-order valence-corrected chi connectivity index (χ3v) is 5.31. The standard InChI is InChI=1S/C22H24N2O4S/c1-13-8-14(2)15(3)19(9-13)28-11-21(25)24-22-23-17(12-29-22)16-6-7-18(26-4)20(10-16)27-5/h6-10,12H,11H2,1-5H3,(H,23,24,25). The van der Waals surface area contributed by atoms with Crippen molar-refractivity contribution in [1.82, 2.24) is 4.98 Å². The molecule has 1 amide bonds. The van der Waals surface area contributed by atoms with E-state index in [4.69, 9.17) is 14.2 Å². The van der Waals surface area contributed by atoms with Gasteiger partial charge in [0.2, 0.25) is 0 Å². The van der Waals surface area contributed by atoms with E-state index in [1.165, 1.54) is 11.3 Å². The Hall–Kier alpha value is -3.06. The number of aromatic nitrogens is 1. The van der Waals surface area contributed by atoms with Crippen molar-refractivity contribution >= 4 is 22.4 Å². The molecule has 3 rings (SSSR count). The molecule has 0 atom stereocenters. The van der Waals surface area contributed by atoms with Crippen LogP contribution in [0.5, 0.6) is 17.2 Å². The quantitative estimate of drug-likeness (QED) is 0.605. The van der Waals surface area contributed by atoms with Crippen molar-refractivity contribution in [2.45, 2.75) is 20.8 Å². The molecule has 0 aliphatic heterocycles. The number of nitrogens with one attached hydrogen (secondary N) is 1. The highest BCUT2D eigenvalue weighted by Crippen LogP contribution is 2.33. The number of hydrogen-bond donors (Lipinski definition) is 1. The highest BCUT2D eigenvalue weighted by molar-refractivity contribution is 7.14. The Kier molecular flexibility index (Phi) is 6.39. The van der Waals surface area contributed by atoms with Crippen LogP contribution in [-0.4, -0.2) is 31.7 Å². The fraction of sp³-hybridized carbons (Fsp3) is 0.273. The van der Waals surface area contributed by atoms with E-state index in [1.54, 1.807) is 14.2 Å². The molecular formula is C22H24N2O4S. The van der Waals surface area contributed by atoms with E-state index in [1.807, 2.05) is 50.4 Å². The zero-order chi connectivity index (χ0) is 21.0. The fourth-order valence-corrected chi connectivity index (χ4v) is 3.64. The van der Waals surface area contributed by atoms with Gasteiger partial charge in [-0.05, 0) is 61.7 Å². The van der Waals surface area contributed by atoms with Crippen LogP contribution in [0.2, 0.25) is 0 Å². The van der Waals surface area contributed by atoms with E-state index in [9.17, 15) is 4.79 Å². The van der Waals surface area contributed by atoms with E-state index < -0.39 is 0 Å². The SMILES string of the molecule is COc1ccc(-c2csc(NC(=O)COc3cc(C)cc(C)c3C)n2)cc1OC. The van der Waals surface area contributed by atoms with Crippen molar-refractivity contribution in [3.05, 3.63) is 52.4 Å². The Morgan fingerprint density at radius 1 is 1.03 bits per heavy atom. The van der Waals surface area contributed by atoms with Gasteiger partial charge in [0.05, 0.1) is 19.9 Å². The molecule has 0 aliphatic rings. The summed E-state index contributed by atoms with van der Waals surface area (Å²) in [4.78, 5) is 16.8. The maximum atomic E-state index is 12.3. The molecule has 6 nitrogen and oxygen atoms in total. The first-order valence-electron chi connectivity index (χ1n) is 9.09. The van der Waals surface area contributed by atoms with E-state index >= 15 is 0 Å². The number of ether oxygens (including phenoxy) is 3. The molecule has 0 aliphatic carbocycles. The number of hydrogen-bond acceptors (Lipinski definition) is 6. The maximum Gasteiger partial charge on any atom is 0.264 e. The lowest BCUT2D eigenvalue weighted by Gasteiger charge is -2.12. The van der Waals surface area contributed by atoms with Crippen molar-refractivity contribution in [2.75, 3.05) is 26.1 Å². The van der Waals surface area contributed by atoms with Crippen LogP contribution in [0.1, 0.15) is 16.7 Å². The Labute approximate surface area is 174 Å². The topological polar surface area (TPSA) is 69.7 Å². The predicted octanol–water partition coefficient (Wildman–Crippen LogP) is 4.77. The number of aryl methyl sites for hydroxylation is 2. The number of thiazole rings is 1. The first-order valence-corrected chi connectivity index (χ1v) is 9.97. The number of amides is 1. The number of rotatable bonds is 7. The highest BCUT2D eigenvalue weighted by atomic mass is 32.1. The van der Waals surface area contributed by atoms with Crippen LogP contribution in [-0.2, 0) is 4.79 Å². The van der Waals surface area contributed by atoms with Crippen LogP contribution in [0, 0.1) is 20.8 Å². The van der Waals surface area contributed by atoms with Crippen molar-refractivity contribution in [3.8, 4) is 28.5 Å². The molecule has 0 fully saturated rings. The smallest absolute Gasteiger partial charge is 0.264 e. The zero-order valence-electron chi connectivity index (χ0n) is 17.2. The number of carbonyl (C=O) groups is 1. The van der Waals surface area contributed by atoms with Gasteiger partial charge in [-0.2, -0.15) is 0 Å². The highest BCUT2D eigenvalue weighted by Gasteiger charge is 2.12. The summed E-state index contributed by atoms with van der Waals surface area (Å²) in [5.41, 5.74) is 4.90. The molecule has 3 aromatic rings. The first-order chi connectivity index (χ1) is 13.9. The normalized spacial score (nSPS) is 10.5. The molecular weight excluding hydrogens is 388 g/mol. The van der Waals surface area contributed by atoms with Crippen LogP contribution >= 0.6 is 11.3 Å². The number of carbonyl (C=O) groups excluding carboxylic acids is 1.